The van der Waals surface area contributed by atoms with E-state index in [-0.39, 0.29) is 0 Å². The predicted octanol–water partition coefficient (Wildman–Crippen LogP) is 3.75. The summed E-state index contributed by atoms with van der Waals surface area (Å²) in [5.41, 5.74) is 2.72. The van der Waals surface area contributed by atoms with Gasteiger partial charge in [0.25, 0.3) is 0 Å². The van der Waals surface area contributed by atoms with Crippen molar-refractivity contribution in [2.45, 2.75) is 19.8 Å². The minimum atomic E-state index is 0.996. The van der Waals surface area contributed by atoms with E-state index in [2.05, 4.69) is 60.4 Å². The fourth-order valence-electron chi connectivity index (χ4n) is 1.91. The summed E-state index contributed by atoms with van der Waals surface area (Å²) in [5.74, 6) is 0. The molecule has 1 nitrogen and oxygen atoms in total. The Balaban J connectivity index is 2.22. The van der Waals surface area contributed by atoms with Crippen LogP contribution in [0, 0.1) is 0 Å². The molecule has 0 fully saturated rings. The van der Waals surface area contributed by atoms with E-state index in [1.54, 1.807) is 0 Å². The van der Waals surface area contributed by atoms with Crippen molar-refractivity contribution in [1.82, 2.24) is 0 Å². The van der Waals surface area contributed by atoms with Crippen LogP contribution in [0.25, 0.3) is 0 Å². The van der Waals surface area contributed by atoms with Crippen molar-refractivity contribution in [3.63, 3.8) is 0 Å². The van der Waals surface area contributed by atoms with Crippen molar-refractivity contribution in [2.24, 2.45) is 0 Å². The molecule has 1 aromatic carbocycles. The molecule has 0 N–H and O–H groups in total. The fourth-order valence-corrected chi connectivity index (χ4v) is 1.91. The summed E-state index contributed by atoms with van der Waals surface area (Å²) >= 11 is 0. The molecule has 2 rings (SSSR count). The lowest BCUT2D eigenvalue weighted by Crippen LogP contribution is -2.24. The Morgan fingerprint density at radius 3 is 2.73 bits per heavy atom. The molecule has 0 bridgehead atoms. The number of allylic oxidation sites excluding steroid dienone is 3. The minimum Gasteiger partial charge on any atom is -0.341 e. The quantitative estimate of drug-likeness (QED) is 0.716. The highest BCUT2D eigenvalue weighted by atomic mass is 15.1. The molecule has 0 aliphatic carbocycles. The van der Waals surface area contributed by atoms with Crippen LogP contribution in [0.1, 0.15) is 19.8 Å². The van der Waals surface area contributed by atoms with E-state index in [9.17, 15) is 0 Å². The summed E-state index contributed by atoms with van der Waals surface area (Å²) in [7, 11) is 0. The van der Waals surface area contributed by atoms with Gasteiger partial charge in [-0.3, -0.25) is 0 Å². The average Bonchev–Trinajstić information content (AvgIpc) is 2.31. The Labute approximate surface area is 91.7 Å². The molecule has 0 radical (unpaired) electrons. The standard InChI is InChI=1S/C14H17N/c1-2-8-13-11-6-7-12-15(13)14-9-4-3-5-10-14/h3-7,9-11H,2,8,12H2,1H3. The van der Waals surface area contributed by atoms with Crippen molar-refractivity contribution >= 4 is 5.69 Å². The van der Waals surface area contributed by atoms with E-state index >= 15 is 0 Å². The second-order valence-corrected chi connectivity index (χ2v) is 3.78. The average molecular weight is 199 g/mol. The van der Waals surface area contributed by atoms with Crippen LogP contribution >= 0.6 is 0 Å². The van der Waals surface area contributed by atoms with Gasteiger partial charge in [-0.25, -0.2) is 0 Å². The molecule has 0 spiro atoms. The van der Waals surface area contributed by atoms with Crippen LogP contribution in [0.3, 0.4) is 0 Å². The molecule has 1 aromatic rings. The molecular weight excluding hydrogens is 182 g/mol. The molecule has 0 aromatic heterocycles. The normalized spacial score (nSPS) is 15.3. The lowest BCUT2D eigenvalue weighted by atomic mass is 10.1. The van der Waals surface area contributed by atoms with Gasteiger partial charge in [-0.05, 0) is 24.6 Å². The zero-order chi connectivity index (χ0) is 10.5. The summed E-state index contributed by atoms with van der Waals surface area (Å²) in [6.07, 6.45) is 8.93. The number of hydrogen-bond acceptors (Lipinski definition) is 1. The molecule has 1 aliphatic heterocycles. The summed E-state index contributed by atoms with van der Waals surface area (Å²) in [5, 5.41) is 0. The first-order valence-corrected chi connectivity index (χ1v) is 5.60. The number of rotatable bonds is 3. The van der Waals surface area contributed by atoms with Crippen molar-refractivity contribution < 1.29 is 0 Å². The monoisotopic (exact) mass is 199 g/mol. The van der Waals surface area contributed by atoms with Gasteiger partial charge in [-0.15, -0.1) is 0 Å². The molecule has 1 heteroatoms. The van der Waals surface area contributed by atoms with Crippen LogP contribution < -0.4 is 4.90 Å². The number of benzene rings is 1. The third-order valence-corrected chi connectivity index (χ3v) is 2.63. The molecule has 1 aliphatic rings. The Hall–Kier alpha value is -1.50. The Morgan fingerprint density at radius 1 is 1.20 bits per heavy atom. The summed E-state index contributed by atoms with van der Waals surface area (Å²) in [6, 6.07) is 10.6. The molecular formula is C14H17N. The van der Waals surface area contributed by atoms with E-state index in [1.165, 1.54) is 17.8 Å². The van der Waals surface area contributed by atoms with Crippen molar-refractivity contribution in [3.05, 3.63) is 54.3 Å². The van der Waals surface area contributed by atoms with Crippen LogP contribution in [0.5, 0.6) is 0 Å². The first-order valence-electron chi connectivity index (χ1n) is 5.60. The topological polar surface area (TPSA) is 3.24 Å². The number of hydrogen-bond donors (Lipinski definition) is 0. The van der Waals surface area contributed by atoms with E-state index < -0.39 is 0 Å². The lowest BCUT2D eigenvalue weighted by molar-refractivity contribution is 0.834. The Kier molecular flexibility index (Phi) is 3.23. The van der Waals surface area contributed by atoms with Crippen LogP contribution in [0.2, 0.25) is 0 Å². The van der Waals surface area contributed by atoms with Crippen molar-refractivity contribution in [3.8, 4) is 0 Å². The minimum absolute atomic E-state index is 0.996. The van der Waals surface area contributed by atoms with E-state index in [1.807, 2.05) is 0 Å². The van der Waals surface area contributed by atoms with Gasteiger partial charge in [0.1, 0.15) is 0 Å². The van der Waals surface area contributed by atoms with Gasteiger partial charge in [0.05, 0.1) is 0 Å². The summed E-state index contributed by atoms with van der Waals surface area (Å²) < 4.78 is 0. The van der Waals surface area contributed by atoms with Crippen LogP contribution in [0.15, 0.2) is 54.3 Å². The third-order valence-electron chi connectivity index (χ3n) is 2.63. The van der Waals surface area contributed by atoms with Gasteiger partial charge in [0.2, 0.25) is 0 Å². The predicted molar refractivity (Wildman–Crippen MR) is 65.9 cm³/mol. The highest BCUT2D eigenvalue weighted by molar-refractivity contribution is 5.54. The van der Waals surface area contributed by atoms with Crippen LogP contribution in [-0.4, -0.2) is 6.54 Å². The smallest absolute Gasteiger partial charge is 0.0411 e. The van der Waals surface area contributed by atoms with E-state index in [0.717, 1.165) is 13.0 Å². The second-order valence-electron chi connectivity index (χ2n) is 3.78. The Bertz CT molecular complexity index is 362. The molecule has 0 saturated heterocycles. The van der Waals surface area contributed by atoms with Crippen LogP contribution in [0.4, 0.5) is 5.69 Å². The molecule has 0 unspecified atom stereocenters. The second kappa shape index (κ2) is 4.83. The van der Waals surface area contributed by atoms with E-state index in [4.69, 9.17) is 0 Å². The number of para-hydroxylation sites is 1. The van der Waals surface area contributed by atoms with Gasteiger partial charge in [-0.2, -0.15) is 0 Å². The van der Waals surface area contributed by atoms with Crippen molar-refractivity contribution in [1.29, 1.82) is 0 Å². The molecule has 78 valence electrons. The maximum absolute atomic E-state index is 2.38. The van der Waals surface area contributed by atoms with Gasteiger partial charge in [0.15, 0.2) is 0 Å². The first kappa shape index (κ1) is 10.0. The molecule has 0 atom stereocenters. The number of nitrogens with zero attached hydrogens (tertiary/aromatic N) is 1. The van der Waals surface area contributed by atoms with Gasteiger partial charge in [0, 0.05) is 17.9 Å². The molecule has 0 saturated carbocycles. The summed E-state index contributed by atoms with van der Waals surface area (Å²) in [6.45, 7) is 3.22. The maximum Gasteiger partial charge on any atom is 0.0411 e. The fraction of sp³-hybridized carbons (Fsp3) is 0.286. The zero-order valence-electron chi connectivity index (χ0n) is 9.19. The lowest BCUT2D eigenvalue weighted by Gasteiger charge is -2.28. The van der Waals surface area contributed by atoms with Gasteiger partial charge in [-0.1, -0.05) is 43.7 Å². The third kappa shape index (κ3) is 2.30. The maximum atomic E-state index is 2.38. The largest absolute Gasteiger partial charge is 0.341 e. The molecule has 1 heterocycles. The van der Waals surface area contributed by atoms with Gasteiger partial charge < -0.3 is 4.90 Å². The molecule has 0 amide bonds. The van der Waals surface area contributed by atoms with Gasteiger partial charge >= 0.3 is 0 Å². The van der Waals surface area contributed by atoms with Crippen molar-refractivity contribution in [2.75, 3.05) is 11.4 Å². The van der Waals surface area contributed by atoms with E-state index in [0.29, 0.717) is 0 Å². The SMILES string of the molecule is CCCC1=CC=CCN1c1ccccc1. The highest BCUT2D eigenvalue weighted by Crippen LogP contribution is 2.23. The Morgan fingerprint density at radius 2 is 2.00 bits per heavy atom. The number of anilines is 1. The first-order chi connectivity index (χ1) is 7.42. The highest BCUT2D eigenvalue weighted by Gasteiger charge is 2.10. The molecule has 15 heavy (non-hydrogen) atoms. The van der Waals surface area contributed by atoms with Crippen LogP contribution in [-0.2, 0) is 0 Å². The zero-order valence-corrected chi connectivity index (χ0v) is 9.19. The summed E-state index contributed by atoms with van der Waals surface area (Å²) in [4.78, 5) is 2.38.